The SMILES string of the molecule is C1=CC2CC3C=CC=CC3C2C=C1.CC.CC.CC.CC(C)(C)C.CCC1CCCC1. The van der Waals surface area contributed by atoms with Crippen molar-refractivity contribution in [1.29, 1.82) is 0 Å². The number of allylic oxidation sites excluding steroid dienone is 8. The molecule has 0 N–H and O–H groups in total. The van der Waals surface area contributed by atoms with Crippen molar-refractivity contribution in [2.24, 2.45) is 35.0 Å². The summed E-state index contributed by atoms with van der Waals surface area (Å²) in [6.45, 7) is 23.1. The molecule has 182 valence electrons. The molecule has 0 aromatic heterocycles. The molecule has 4 atom stereocenters. The molecule has 4 rings (SSSR count). The topological polar surface area (TPSA) is 0 Å². The van der Waals surface area contributed by atoms with Crippen LogP contribution in [0.1, 0.15) is 115 Å². The van der Waals surface area contributed by atoms with Gasteiger partial charge < -0.3 is 0 Å². The Kier molecular flexibility index (Phi) is 20.4. The number of rotatable bonds is 1. The standard InChI is InChI=1S/C13H14.C7H14.C5H12.3C2H6/c1-3-7-12-10(5-1)9-11-6-2-4-8-13(11)12;1-2-7-5-3-4-6-7;1-5(2,3)4;3*1-2/h1-8,10-13H,9H2;7H,2-6H2,1H3;1-4H3;3*1-2H3. The van der Waals surface area contributed by atoms with Crippen LogP contribution in [-0.4, -0.2) is 0 Å². The summed E-state index contributed by atoms with van der Waals surface area (Å²) in [6, 6.07) is 0. The first-order chi connectivity index (χ1) is 14.9. The van der Waals surface area contributed by atoms with Gasteiger partial charge in [-0.3, -0.25) is 0 Å². The van der Waals surface area contributed by atoms with Crippen molar-refractivity contribution in [1.82, 2.24) is 0 Å². The zero-order chi connectivity index (χ0) is 24.3. The fraction of sp³-hybridized carbons (Fsp3) is 0.742. The van der Waals surface area contributed by atoms with Crippen LogP contribution in [0.5, 0.6) is 0 Å². The molecule has 0 amide bonds. The monoisotopic (exact) mass is 430 g/mol. The number of hydrogen-bond acceptors (Lipinski definition) is 0. The molecular formula is C31H58. The molecule has 31 heavy (non-hydrogen) atoms. The van der Waals surface area contributed by atoms with Gasteiger partial charge in [0.05, 0.1) is 0 Å². The van der Waals surface area contributed by atoms with Gasteiger partial charge >= 0.3 is 0 Å². The normalized spacial score (nSPS) is 26.7. The van der Waals surface area contributed by atoms with Crippen molar-refractivity contribution in [2.45, 2.75) is 115 Å². The molecule has 0 bridgehead atoms. The van der Waals surface area contributed by atoms with Crippen molar-refractivity contribution in [3.63, 3.8) is 0 Å². The van der Waals surface area contributed by atoms with E-state index in [0.29, 0.717) is 5.41 Å². The lowest BCUT2D eigenvalue weighted by molar-refractivity contribution is 0.461. The molecule has 2 fully saturated rings. The number of fused-ring (bicyclic) bond motifs is 3. The minimum atomic E-state index is 0.500. The van der Waals surface area contributed by atoms with Gasteiger partial charge in [-0.1, -0.05) is 157 Å². The highest BCUT2D eigenvalue weighted by molar-refractivity contribution is 5.26. The molecule has 4 aliphatic rings. The Bertz CT molecular complexity index is 453. The molecule has 0 saturated heterocycles. The average molecular weight is 431 g/mol. The average Bonchev–Trinajstić information content (AvgIpc) is 3.45. The maximum absolute atomic E-state index is 2.39. The molecule has 0 nitrogen and oxygen atoms in total. The van der Waals surface area contributed by atoms with Crippen LogP contribution in [0.2, 0.25) is 0 Å². The minimum Gasteiger partial charge on any atom is -0.0808 e. The van der Waals surface area contributed by atoms with Crippen molar-refractivity contribution >= 4 is 0 Å². The smallest absolute Gasteiger partial charge is 0.00983 e. The summed E-state index contributed by atoms with van der Waals surface area (Å²) < 4.78 is 0. The van der Waals surface area contributed by atoms with Crippen LogP contribution in [0.15, 0.2) is 48.6 Å². The lowest BCUT2D eigenvalue weighted by Gasteiger charge is -2.21. The Hall–Kier alpha value is -1.04. The zero-order valence-corrected chi connectivity index (χ0v) is 23.2. The van der Waals surface area contributed by atoms with Crippen molar-refractivity contribution < 1.29 is 0 Å². The van der Waals surface area contributed by atoms with E-state index in [1.54, 1.807) is 0 Å². The van der Waals surface area contributed by atoms with Gasteiger partial charge in [-0.25, -0.2) is 0 Å². The largest absolute Gasteiger partial charge is 0.0808 e. The Balaban J connectivity index is 0. The summed E-state index contributed by atoms with van der Waals surface area (Å²) in [5.74, 6) is 4.24. The summed E-state index contributed by atoms with van der Waals surface area (Å²) in [7, 11) is 0. The van der Waals surface area contributed by atoms with E-state index >= 15 is 0 Å². The first-order valence-electron chi connectivity index (χ1n) is 13.6. The van der Waals surface area contributed by atoms with Crippen LogP contribution in [0.25, 0.3) is 0 Å². The van der Waals surface area contributed by atoms with Gasteiger partial charge in [0.2, 0.25) is 0 Å². The molecule has 0 aromatic rings. The van der Waals surface area contributed by atoms with Gasteiger partial charge in [-0.15, -0.1) is 0 Å². The minimum absolute atomic E-state index is 0.500. The third-order valence-electron chi connectivity index (χ3n) is 5.64. The van der Waals surface area contributed by atoms with Crippen LogP contribution in [-0.2, 0) is 0 Å². The predicted octanol–water partition coefficient (Wildman–Crippen LogP) is 10.8. The summed E-state index contributed by atoms with van der Waals surface area (Å²) in [4.78, 5) is 0. The van der Waals surface area contributed by atoms with E-state index < -0.39 is 0 Å². The zero-order valence-electron chi connectivity index (χ0n) is 23.2. The second-order valence-electron chi connectivity index (χ2n) is 9.82. The maximum atomic E-state index is 2.39. The summed E-state index contributed by atoms with van der Waals surface area (Å²) in [6.07, 6.45) is 27.1. The van der Waals surface area contributed by atoms with E-state index in [4.69, 9.17) is 0 Å². The quantitative estimate of drug-likeness (QED) is 0.388. The Morgan fingerprint density at radius 2 is 0.935 bits per heavy atom. The molecule has 4 aliphatic carbocycles. The van der Waals surface area contributed by atoms with Gasteiger partial charge in [0.15, 0.2) is 0 Å². The van der Waals surface area contributed by atoms with Crippen molar-refractivity contribution in [3.05, 3.63) is 48.6 Å². The van der Waals surface area contributed by atoms with Gasteiger partial charge in [0.25, 0.3) is 0 Å². The van der Waals surface area contributed by atoms with E-state index in [0.717, 1.165) is 29.6 Å². The maximum Gasteiger partial charge on any atom is -0.00983 e. The van der Waals surface area contributed by atoms with E-state index in [1.807, 2.05) is 41.5 Å². The van der Waals surface area contributed by atoms with E-state index in [2.05, 4.69) is 83.2 Å². The highest BCUT2D eigenvalue weighted by Crippen LogP contribution is 2.46. The van der Waals surface area contributed by atoms with Crippen LogP contribution in [0, 0.1) is 35.0 Å². The highest BCUT2D eigenvalue weighted by Gasteiger charge is 2.39. The summed E-state index contributed by atoms with van der Waals surface area (Å²) in [5, 5.41) is 0. The third kappa shape index (κ3) is 14.6. The van der Waals surface area contributed by atoms with E-state index in [-0.39, 0.29) is 0 Å². The van der Waals surface area contributed by atoms with Crippen LogP contribution in [0.4, 0.5) is 0 Å². The molecule has 0 spiro atoms. The van der Waals surface area contributed by atoms with Crippen molar-refractivity contribution in [2.75, 3.05) is 0 Å². The fourth-order valence-electron chi connectivity index (χ4n) is 4.37. The molecule has 4 unspecified atom stereocenters. The Morgan fingerprint density at radius 1 is 0.613 bits per heavy atom. The molecule has 2 saturated carbocycles. The summed E-state index contributed by atoms with van der Waals surface area (Å²) >= 11 is 0. The van der Waals surface area contributed by atoms with E-state index in [9.17, 15) is 0 Å². The lowest BCUT2D eigenvalue weighted by Crippen LogP contribution is -2.14. The van der Waals surface area contributed by atoms with Crippen LogP contribution in [0.3, 0.4) is 0 Å². The Labute approximate surface area is 198 Å². The lowest BCUT2D eigenvalue weighted by atomic mass is 9.83. The van der Waals surface area contributed by atoms with Crippen LogP contribution < -0.4 is 0 Å². The van der Waals surface area contributed by atoms with Crippen molar-refractivity contribution in [3.8, 4) is 0 Å². The second kappa shape index (κ2) is 19.6. The Morgan fingerprint density at radius 3 is 1.23 bits per heavy atom. The molecule has 0 aliphatic heterocycles. The predicted molar refractivity (Wildman–Crippen MR) is 147 cm³/mol. The van der Waals surface area contributed by atoms with Gasteiger partial charge in [-0.05, 0) is 41.4 Å². The first kappa shape index (κ1) is 32.1. The van der Waals surface area contributed by atoms with E-state index in [1.165, 1.54) is 38.5 Å². The molecular weight excluding hydrogens is 372 g/mol. The highest BCUT2D eigenvalue weighted by atomic mass is 14.4. The first-order valence-corrected chi connectivity index (χ1v) is 13.6. The van der Waals surface area contributed by atoms with Gasteiger partial charge in [-0.2, -0.15) is 0 Å². The molecule has 0 heterocycles. The third-order valence-corrected chi connectivity index (χ3v) is 5.64. The van der Waals surface area contributed by atoms with Crippen LogP contribution >= 0.6 is 0 Å². The molecule has 0 heteroatoms. The second-order valence-corrected chi connectivity index (χ2v) is 9.82. The molecule has 0 aromatic carbocycles. The number of hydrogen-bond donors (Lipinski definition) is 0. The van der Waals surface area contributed by atoms with Gasteiger partial charge in [0.1, 0.15) is 0 Å². The van der Waals surface area contributed by atoms with Gasteiger partial charge in [0, 0.05) is 0 Å². The molecule has 0 radical (unpaired) electrons. The fourth-order valence-corrected chi connectivity index (χ4v) is 4.37. The summed E-state index contributed by atoms with van der Waals surface area (Å²) in [5.41, 5.74) is 0.500.